The number of rotatable bonds is 4. The van der Waals surface area contributed by atoms with Crippen LogP contribution in [0.15, 0.2) is 83.8 Å². The van der Waals surface area contributed by atoms with Gasteiger partial charge < -0.3 is 4.74 Å². The van der Waals surface area contributed by atoms with Gasteiger partial charge in [-0.15, -0.1) is 0 Å². The average molecular weight is 393 g/mol. The number of halogens is 1. The number of nitrogens with zero attached hydrogens (tertiary/aromatic N) is 1. The highest BCUT2D eigenvalue weighted by molar-refractivity contribution is 8.01. The van der Waals surface area contributed by atoms with E-state index in [-0.39, 0.29) is 5.69 Å². The molecule has 3 aromatic rings. The SMILES string of the molecule is Cc1ccc(SC2(c3ccccc3)OC(=O)N(c3cccc(F)c3)C2=O)cc1. The van der Waals surface area contributed by atoms with Crippen molar-refractivity contribution in [2.75, 3.05) is 4.90 Å². The highest BCUT2D eigenvalue weighted by Gasteiger charge is 2.57. The molecule has 0 N–H and O–H groups in total. The zero-order valence-corrected chi connectivity index (χ0v) is 15.8. The van der Waals surface area contributed by atoms with Gasteiger partial charge >= 0.3 is 6.09 Å². The quantitative estimate of drug-likeness (QED) is 0.606. The van der Waals surface area contributed by atoms with E-state index in [0.29, 0.717) is 5.56 Å². The number of anilines is 1. The summed E-state index contributed by atoms with van der Waals surface area (Å²) >= 11 is 1.15. The fraction of sp³-hybridized carbons (Fsp3) is 0.0909. The first-order chi connectivity index (χ1) is 13.5. The lowest BCUT2D eigenvalue weighted by Gasteiger charge is -2.25. The second kappa shape index (κ2) is 7.13. The van der Waals surface area contributed by atoms with Crippen LogP contribution >= 0.6 is 11.8 Å². The van der Waals surface area contributed by atoms with Crippen molar-refractivity contribution in [3.63, 3.8) is 0 Å². The molecule has 1 aliphatic rings. The van der Waals surface area contributed by atoms with Crippen LogP contribution in [0.3, 0.4) is 0 Å². The maximum atomic E-state index is 13.7. The summed E-state index contributed by atoms with van der Waals surface area (Å²) in [4.78, 5) is 26.2. The number of ether oxygens (including phenoxy) is 1. The Kier molecular flexibility index (Phi) is 4.65. The lowest BCUT2D eigenvalue weighted by Crippen LogP contribution is -2.36. The summed E-state index contributed by atoms with van der Waals surface area (Å²) in [6.07, 6.45) is -0.834. The van der Waals surface area contributed by atoms with Crippen molar-refractivity contribution in [2.24, 2.45) is 0 Å². The Morgan fingerprint density at radius 1 is 0.929 bits per heavy atom. The molecule has 6 heteroatoms. The predicted molar refractivity (Wildman–Crippen MR) is 106 cm³/mol. The lowest BCUT2D eigenvalue weighted by atomic mass is 10.1. The summed E-state index contributed by atoms with van der Waals surface area (Å²) in [6, 6.07) is 21.8. The summed E-state index contributed by atoms with van der Waals surface area (Å²) in [5.74, 6) is -1.11. The molecule has 1 heterocycles. The summed E-state index contributed by atoms with van der Waals surface area (Å²) in [6.45, 7) is 1.97. The first-order valence-electron chi connectivity index (χ1n) is 8.64. The molecule has 0 bridgehead atoms. The molecular weight excluding hydrogens is 377 g/mol. The molecule has 1 saturated heterocycles. The topological polar surface area (TPSA) is 46.6 Å². The van der Waals surface area contributed by atoms with Gasteiger partial charge in [0.1, 0.15) is 5.82 Å². The standard InChI is InChI=1S/C22H16FNO3S/c1-15-10-12-19(13-11-15)28-22(16-6-3-2-4-7-16)20(25)24(21(26)27-22)18-9-5-8-17(23)14-18/h2-14H,1H3. The summed E-state index contributed by atoms with van der Waals surface area (Å²) in [5.41, 5.74) is 1.75. The number of hydrogen-bond donors (Lipinski definition) is 0. The maximum Gasteiger partial charge on any atom is 0.423 e. The fourth-order valence-corrected chi connectivity index (χ4v) is 4.17. The van der Waals surface area contributed by atoms with Crippen molar-refractivity contribution in [1.29, 1.82) is 0 Å². The first kappa shape index (κ1) is 18.3. The highest BCUT2D eigenvalue weighted by atomic mass is 32.2. The Bertz CT molecular complexity index is 1040. The Morgan fingerprint density at radius 3 is 2.32 bits per heavy atom. The third-order valence-electron chi connectivity index (χ3n) is 4.40. The molecule has 140 valence electrons. The number of imide groups is 1. The Labute approximate surface area is 165 Å². The van der Waals surface area contributed by atoms with E-state index in [1.807, 2.05) is 37.3 Å². The van der Waals surface area contributed by atoms with E-state index in [1.54, 1.807) is 24.3 Å². The maximum absolute atomic E-state index is 13.7. The zero-order valence-electron chi connectivity index (χ0n) is 15.0. The smallest absolute Gasteiger partial charge is 0.416 e. The number of thioether (sulfide) groups is 1. The molecule has 1 atom stereocenters. The van der Waals surface area contributed by atoms with Gasteiger partial charge in [-0.1, -0.05) is 65.9 Å². The first-order valence-corrected chi connectivity index (χ1v) is 9.45. The van der Waals surface area contributed by atoms with Crippen molar-refractivity contribution in [2.45, 2.75) is 16.8 Å². The largest absolute Gasteiger partial charge is 0.423 e. The van der Waals surface area contributed by atoms with Gasteiger partial charge in [-0.3, -0.25) is 4.79 Å². The van der Waals surface area contributed by atoms with Gasteiger partial charge in [-0.2, -0.15) is 0 Å². The van der Waals surface area contributed by atoms with Crippen molar-refractivity contribution < 1.29 is 18.7 Å². The van der Waals surface area contributed by atoms with E-state index >= 15 is 0 Å². The second-order valence-electron chi connectivity index (χ2n) is 6.39. The van der Waals surface area contributed by atoms with Crippen molar-refractivity contribution in [1.82, 2.24) is 0 Å². The van der Waals surface area contributed by atoms with Crippen LogP contribution in [0.25, 0.3) is 0 Å². The van der Waals surface area contributed by atoms with E-state index < -0.39 is 22.8 Å². The van der Waals surface area contributed by atoms with Crippen LogP contribution in [-0.2, 0) is 14.5 Å². The van der Waals surface area contributed by atoms with Gasteiger partial charge in [0.05, 0.1) is 5.69 Å². The number of cyclic esters (lactones) is 1. The van der Waals surface area contributed by atoms with Crippen LogP contribution in [0, 0.1) is 12.7 Å². The molecule has 3 aromatic carbocycles. The summed E-state index contributed by atoms with van der Waals surface area (Å²) in [7, 11) is 0. The third-order valence-corrected chi connectivity index (χ3v) is 5.69. The molecule has 0 spiro atoms. The molecule has 2 amide bonds. The Balaban J connectivity index is 1.81. The molecular formula is C22H16FNO3S. The fourth-order valence-electron chi connectivity index (χ4n) is 3.02. The number of hydrogen-bond acceptors (Lipinski definition) is 4. The van der Waals surface area contributed by atoms with Gasteiger partial charge in [0.2, 0.25) is 0 Å². The number of amides is 2. The average Bonchev–Trinajstić information content (AvgIpc) is 2.95. The molecule has 0 aliphatic carbocycles. The number of benzene rings is 3. The van der Waals surface area contributed by atoms with Crippen LogP contribution < -0.4 is 4.90 Å². The second-order valence-corrected chi connectivity index (χ2v) is 7.64. The van der Waals surface area contributed by atoms with Crippen LogP contribution in [0.5, 0.6) is 0 Å². The van der Waals surface area contributed by atoms with Crippen LogP contribution in [0.1, 0.15) is 11.1 Å². The van der Waals surface area contributed by atoms with E-state index in [2.05, 4.69) is 0 Å². The molecule has 0 radical (unpaired) electrons. The molecule has 4 nitrogen and oxygen atoms in total. The number of carbonyl (C=O) groups excluding carboxylic acids is 2. The molecule has 1 unspecified atom stereocenters. The molecule has 28 heavy (non-hydrogen) atoms. The number of carbonyl (C=O) groups is 2. The van der Waals surface area contributed by atoms with E-state index in [9.17, 15) is 14.0 Å². The molecule has 1 aliphatic heterocycles. The predicted octanol–water partition coefficient (Wildman–Crippen LogP) is 5.26. The van der Waals surface area contributed by atoms with Gasteiger partial charge in [-0.25, -0.2) is 14.1 Å². The minimum atomic E-state index is -1.58. The Morgan fingerprint density at radius 2 is 1.64 bits per heavy atom. The number of aryl methyl sites for hydroxylation is 1. The summed E-state index contributed by atoms with van der Waals surface area (Å²) in [5, 5.41) is 0. The van der Waals surface area contributed by atoms with Crippen molar-refractivity contribution in [3.8, 4) is 0 Å². The van der Waals surface area contributed by atoms with Crippen LogP contribution in [-0.4, -0.2) is 12.0 Å². The monoisotopic (exact) mass is 393 g/mol. The van der Waals surface area contributed by atoms with Crippen LogP contribution in [0.4, 0.5) is 14.9 Å². The van der Waals surface area contributed by atoms with Crippen LogP contribution in [0.2, 0.25) is 0 Å². The van der Waals surface area contributed by atoms with Crippen molar-refractivity contribution in [3.05, 3.63) is 95.8 Å². The van der Waals surface area contributed by atoms with Gasteiger partial charge in [0.25, 0.3) is 10.8 Å². The lowest BCUT2D eigenvalue weighted by molar-refractivity contribution is -0.124. The molecule has 0 saturated carbocycles. The van der Waals surface area contributed by atoms with E-state index in [4.69, 9.17) is 4.74 Å². The van der Waals surface area contributed by atoms with E-state index in [0.717, 1.165) is 33.2 Å². The minimum Gasteiger partial charge on any atom is -0.416 e. The normalized spacial score (nSPS) is 19.0. The highest BCUT2D eigenvalue weighted by Crippen LogP contribution is 2.48. The van der Waals surface area contributed by atoms with Crippen molar-refractivity contribution >= 4 is 29.4 Å². The van der Waals surface area contributed by atoms with Gasteiger partial charge in [-0.05, 0) is 37.3 Å². The van der Waals surface area contributed by atoms with Gasteiger partial charge in [0, 0.05) is 10.5 Å². The molecule has 4 rings (SSSR count). The van der Waals surface area contributed by atoms with Gasteiger partial charge in [0.15, 0.2) is 0 Å². The molecule has 0 aromatic heterocycles. The zero-order chi connectivity index (χ0) is 19.7. The minimum absolute atomic E-state index is 0.136. The van der Waals surface area contributed by atoms with E-state index in [1.165, 1.54) is 18.2 Å². The summed E-state index contributed by atoms with van der Waals surface area (Å²) < 4.78 is 19.3. The Hall–Kier alpha value is -3.12. The molecule has 1 fully saturated rings. The third kappa shape index (κ3) is 3.16.